The minimum Gasteiger partial charge on any atom is -0.185 e. The lowest BCUT2D eigenvalue weighted by Gasteiger charge is -2.06. The highest BCUT2D eigenvalue weighted by Crippen LogP contribution is 2.22. The van der Waals surface area contributed by atoms with Crippen molar-refractivity contribution in [1.82, 2.24) is 0 Å². The maximum absolute atomic E-state index is 8.32. The summed E-state index contributed by atoms with van der Waals surface area (Å²) in [4.78, 5) is 0. The van der Waals surface area contributed by atoms with Crippen LogP contribution in [0.5, 0.6) is 0 Å². The fourth-order valence-electron chi connectivity index (χ4n) is 1.00. The van der Waals surface area contributed by atoms with E-state index in [0.717, 1.165) is 12.2 Å². The second-order valence-corrected chi connectivity index (χ2v) is 4.35. The van der Waals surface area contributed by atoms with Crippen molar-refractivity contribution >= 4 is 23.1 Å². The van der Waals surface area contributed by atoms with Crippen LogP contribution in [0.4, 0.5) is 0 Å². The molecule has 0 aliphatic heterocycles. The van der Waals surface area contributed by atoms with Gasteiger partial charge in [0.05, 0.1) is 0 Å². The molecule has 0 aliphatic carbocycles. The molecule has 64 valence electrons. The molecular weight excluding hydrogens is 186 g/mol. The van der Waals surface area contributed by atoms with Crippen LogP contribution in [0, 0.1) is 10.7 Å². The molecule has 1 aromatic rings. The number of rotatable bonds is 4. The SMILES string of the molecule is CC(CCSC#N)c1ccsc1. The monoisotopic (exact) mass is 197 g/mol. The summed E-state index contributed by atoms with van der Waals surface area (Å²) >= 11 is 3.08. The molecule has 0 aliphatic rings. The zero-order chi connectivity index (χ0) is 8.81. The Hall–Kier alpha value is -0.460. The van der Waals surface area contributed by atoms with Gasteiger partial charge in [0.25, 0.3) is 0 Å². The molecule has 1 heterocycles. The van der Waals surface area contributed by atoms with Crippen molar-refractivity contribution in [1.29, 1.82) is 5.26 Å². The molecule has 0 radical (unpaired) electrons. The Bertz CT molecular complexity index is 248. The molecule has 1 nitrogen and oxygen atoms in total. The summed E-state index contributed by atoms with van der Waals surface area (Å²) in [6.07, 6.45) is 1.09. The molecule has 3 heteroatoms. The summed E-state index contributed by atoms with van der Waals surface area (Å²) < 4.78 is 0. The Labute approximate surface area is 81.4 Å². The summed E-state index contributed by atoms with van der Waals surface area (Å²) in [7, 11) is 0. The third-order valence-electron chi connectivity index (χ3n) is 1.83. The van der Waals surface area contributed by atoms with Crippen LogP contribution in [-0.4, -0.2) is 5.75 Å². The van der Waals surface area contributed by atoms with E-state index in [4.69, 9.17) is 5.26 Å². The molecule has 1 aromatic heterocycles. The summed E-state index contributed by atoms with van der Waals surface area (Å²) in [5, 5.41) is 14.7. The van der Waals surface area contributed by atoms with E-state index in [-0.39, 0.29) is 0 Å². The van der Waals surface area contributed by atoms with E-state index in [1.165, 1.54) is 17.3 Å². The lowest BCUT2D eigenvalue weighted by atomic mass is 10.0. The predicted octanol–water partition coefficient (Wildman–Crippen LogP) is 3.46. The predicted molar refractivity (Wildman–Crippen MR) is 55.4 cm³/mol. The van der Waals surface area contributed by atoms with Crippen LogP contribution in [0.1, 0.15) is 24.8 Å². The fourth-order valence-corrected chi connectivity index (χ4v) is 2.35. The van der Waals surface area contributed by atoms with Crippen LogP contribution >= 0.6 is 23.1 Å². The molecule has 0 fully saturated rings. The molecule has 0 spiro atoms. The molecule has 1 rings (SSSR count). The van der Waals surface area contributed by atoms with Gasteiger partial charge >= 0.3 is 0 Å². The zero-order valence-electron chi connectivity index (χ0n) is 6.99. The maximum atomic E-state index is 8.32. The van der Waals surface area contributed by atoms with Crippen molar-refractivity contribution in [2.45, 2.75) is 19.3 Å². The van der Waals surface area contributed by atoms with Crippen LogP contribution in [0.25, 0.3) is 0 Å². The van der Waals surface area contributed by atoms with Crippen LogP contribution in [0.2, 0.25) is 0 Å². The normalized spacial score (nSPS) is 12.3. The largest absolute Gasteiger partial charge is 0.185 e. The number of thiocyanates is 1. The van der Waals surface area contributed by atoms with E-state index in [9.17, 15) is 0 Å². The smallest absolute Gasteiger partial charge is 0.133 e. The van der Waals surface area contributed by atoms with Crippen molar-refractivity contribution in [3.63, 3.8) is 0 Å². The van der Waals surface area contributed by atoms with Gasteiger partial charge in [0.1, 0.15) is 5.40 Å². The fraction of sp³-hybridized carbons (Fsp3) is 0.444. The highest BCUT2D eigenvalue weighted by atomic mass is 32.2. The summed E-state index contributed by atoms with van der Waals surface area (Å²) in [6.45, 7) is 2.21. The molecule has 0 saturated heterocycles. The molecule has 0 saturated carbocycles. The number of hydrogen-bond donors (Lipinski definition) is 0. The van der Waals surface area contributed by atoms with Gasteiger partial charge in [-0.2, -0.15) is 16.6 Å². The summed E-state index contributed by atoms with van der Waals surface area (Å²) in [6, 6.07) is 2.16. The van der Waals surface area contributed by atoms with Gasteiger partial charge in [-0.3, -0.25) is 0 Å². The van der Waals surface area contributed by atoms with Crippen LogP contribution in [0.3, 0.4) is 0 Å². The van der Waals surface area contributed by atoms with E-state index < -0.39 is 0 Å². The lowest BCUT2D eigenvalue weighted by molar-refractivity contribution is 0.745. The lowest BCUT2D eigenvalue weighted by Crippen LogP contribution is -1.92. The number of nitrogens with zero attached hydrogens (tertiary/aromatic N) is 1. The molecule has 1 unspecified atom stereocenters. The van der Waals surface area contributed by atoms with Gasteiger partial charge in [-0.1, -0.05) is 6.92 Å². The Morgan fingerprint density at radius 2 is 2.58 bits per heavy atom. The first kappa shape index (κ1) is 9.63. The van der Waals surface area contributed by atoms with E-state index in [2.05, 4.69) is 29.2 Å². The first-order chi connectivity index (χ1) is 5.84. The van der Waals surface area contributed by atoms with Crippen molar-refractivity contribution < 1.29 is 0 Å². The first-order valence-corrected chi connectivity index (χ1v) is 5.80. The summed E-state index contributed by atoms with van der Waals surface area (Å²) in [5.41, 5.74) is 1.40. The van der Waals surface area contributed by atoms with E-state index in [0.29, 0.717) is 5.92 Å². The molecule has 12 heavy (non-hydrogen) atoms. The number of thiophene rings is 1. The second kappa shape index (κ2) is 5.23. The van der Waals surface area contributed by atoms with Gasteiger partial charge in [0.2, 0.25) is 0 Å². The van der Waals surface area contributed by atoms with E-state index >= 15 is 0 Å². The first-order valence-electron chi connectivity index (χ1n) is 3.87. The van der Waals surface area contributed by atoms with Gasteiger partial charge in [0, 0.05) is 5.75 Å². The number of hydrogen-bond acceptors (Lipinski definition) is 3. The Balaban J connectivity index is 2.30. The van der Waals surface area contributed by atoms with Crippen molar-refractivity contribution in [3.8, 4) is 5.40 Å². The molecule has 0 bridgehead atoms. The Kier molecular flexibility index (Phi) is 4.20. The zero-order valence-corrected chi connectivity index (χ0v) is 8.62. The standard InChI is InChI=1S/C9H11NS2/c1-8(2-4-12-7-10)9-3-5-11-6-9/h3,5-6,8H,2,4H2,1H3. The van der Waals surface area contributed by atoms with Crippen molar-refractivity contribution in [2.75, 3.05) is 5.75 Å². The van der Waals surface area contributed by atoms with Crippen molar-refractivity contribution in [3.05, 3.63) is 22.4 Å². The van der Waals surface area contributed by atoms with Gasteiger partial charge in [-0.05, 0) is 46.5 Å². The average molecular weight is 197 g/mol. The highest BCUT2D eigenvalue weighted by Gasteiger charge is 2.04. The van der Waals surface area contributed by atoms with E-state index in [1.54, 1.807) is 11.3 Å². The molecule has 0 aromatic carbocycles. The van der Waals surface area contributed by atoms with E-state index in [1.807, 2.05) is 0 Å². The van der Waals surface area contributed by atoms with Gasteiger partial charge < -0.3 is 0 Å². The van der Waals surface area contributed by atoms with Gasteiger partial charge in [-0.25, -0.2) is 0 Å². The molecule has 0 amide bonds. The van der Waals surface area contributed by atoms with Gasteiger partial charge in [0.15, 0.2) is 0 Å². The average Bonchev–Trinajstić information content (AvgIpc) is 2.56. The third kappa shape index (κ3) is 2.88. The highest BCUT2D eigenvalue weighted by molar-refractivity contribution is 8.03. The Morgan fingerprint density at radius 3 is 3.17 bits per heavy atom. The minimum absolute atomic E-state index is 0.595. The quantitative estimate of drug-likeness (QED) is 0.545. The topological polar surface area (TPSA) is 23.8 Å². The molecule has 1 atom stereocenters. The Morgan fingerprint density at radius 1 is 1.75 bits per heavy atom. The maximum Gasteiger partial charge on any atom is 0.133 e. The second-order valence-electron chi connectivity index (χ2n) is 2.69. The molecule has 0 N–H and O–H groups in total. The van der Waals surface area contributed by atoms with Crippen molar-refractivity contribution in [2.24, 2.45) is 0 Å². The van der Waals surface area contributed by atoms with Crippen LogP contribution in [0.15, 0.2) is 16.8 Å². The minimum atomic E-state index is 0.595. The molecular formula is C9H11NS2. The van der Waals surface area contributed by atoms with Gasteiger partial charge in [-0.15, -0.1) is 0 Å². The number of nitriles is 1. The van der Waals surface area contributed by atoms with Crippen LogP contribution in [-0.2, 0) is 0 Å². The third-order valence-corrected chi connectivity index (χ3v) is 3.10. The summed E-state index contributed by atoms with van der Waals surface area (Å²) in [5.74, 6) is 1.53. The number of thioether (sulfide) groups is 1. The van der Waals surface area contributed by atoms with Crippen LogP contribution < -0.4 is 0 Å².